The molecule has 0 bridgehead atoms. The van der Waals surface area contributed by atoms with Crippen molar-refractivity contribution in [2.75, 3.05) is 0 Å². The van der Waals surface area contributed by atoms with Gasteiger partial charge >= 0.3 is 11.7 Å². The molecule has 2 rings (SSSR count). The van der Waals surface area contributed by atoms with Gasteiger partial charge in [-0.3, -0.25) is 13.9 Å². The fourth-order valence-electron chi connectivity index (χ4n) is 1.49. The van der Waals surface area contributed by atoms with Crippen molar-refractivity contribution in [2.45, 2.75) is 31.5 Å². The Kier molecular flexibility index (Phi) is 2.36. The lowest BCUT2D eigenvalue weighted by Gasteiger charge is -2.05. The molecule has 6 nitrogen and oxygen atoms in total. The molecule has 1 aromatic rings. The first-order chi connectivity index (χ1) is 7.09. The van der Waals surface area contributed by atoms with Gasteiger partial charge in [0, 0.05) is 18.4 Å². The number of rotatable bonds is 4. The number of imidazole rings is 1. The Morgan fingerprint density at radius 2 is 2.27 bits per heavy atom. The molecule has 1 heterocycles. The molecule has 1 aromatic heterocycles. The van der Waals surface area contributed by atoms with Crippen LogP contribution in [0.2, 0.25) is 0 Å². The van der Waals surface area contributed by atoms with Crippen LogP contribution in [0.3, 0.4) is 0 Å². The molecule has 1 fully saturated rings. The predicted octanol–water partition coefficient (Wildman–Crippen LogP) is -0.603. The number of carboxylic acid groups (broad SMARTS) is 1. The van der Waals surface area contributed by atoms with Crippen LogP contribution < -0.4 is 11.4 Å². The van der Waals surface area contributed by atoms with E-state index in [9.17, 15) is 9.59 Å². The number of aromatic nitrogens is 2. The van der Waals surface area contributed by atoms with Crippen molar-refractivity contribution in [3.63, 3.8) is 0 Å². The largest absolute Gasteiger partial charge is 0.480 e. The molecule has 0 amide bonds. The van der Waals surface area contributed by atoms with Crippen LogP contribution in [-0.2, 0) is 11.3 Å². The minimum absolute atomic E-state index is 0.0217. The van der Waals surface area contributed by atoms with Crippen LogP contribution in [-0.4, -0.2) is 26.3 Å². The van der Waals surface area contributed by atoms with Crippen molar-refractivity contribution in [1.29, 1.82) is 0 Å². The number of hydrogen-bond donors (Lipinski definition) is 2. The molecule has 0 saturated heterocycles. The van der Waals surface area contributed by atoms with Crippen molar-refractivity contribution in [1.82, 2.24) is 9.13 Å². The number of hydrogen-bond acceptors (Lipinski definition) is 3. The van der Waals surface area contributed by atoms with E-state index in [2.05, 4.69) is 0 Å². The fraction of sp³-hybridized carbons (Fsp3) is 0.556. The SMILES string of the molecule is NC(Cn1ccn(C2CC2)c1=O)C(=O)O. The van der Waals surface area contributed by atoms with Gasteiger partial charge in [0.1, 0.15) is 6.04 Å². The van der Waals surface area contributed by atoms with Gasteiger partial charge in [-0.05, 0) is 12.8 Å². The molecule has 1 atom stereocenters. The van der Waals surface area contributed by atoms with Crippen LogP contribution >= 0.6 is 0 Å². The quantitative estimate of drug-likeness (QED) is 0.695. The van der Waals surface area contributed by atoms with E-state index in [1.807, 2.05) is 0 Å². The predicted molar refractivity (Wildman–Crippen MR) is 52.6 cm³/mol. The van der Waals surface area contributed by atoms with Crippen LogP contribution in [0.25, 0.3) is 0 Å². The molecule has 82 valence electrons. The van der Waals surface area contributed by atoms with E-state index in [1.165, 1.54) is 4.57 Å². The van der Waals surface area contributed by atoms with Gasteiger partial charge in [0.05, 0.1) is 6.54 Å². The van der Waals surface area contributed by atoms with Gasteiger partial charge in [0.25, 0.3) is 0 Å². The minimum Gasteiger partial charge on any atom is -0.480 e. The summed E-state index contributed by atoms with van der Waals surface area (Å²) >= 11 is 0. The van der Waals surface area contributed by atoms with E-state index in [-0.39, 0.29) is 12.2 Å². The molecular formula is C9H13N3O3. The van der Waals surface area contributed by atoms with Gasteiger partial charge < -0.3 is 10.8 Å². The highest BCUT2D eigenvalue weighted by Crippen LogP contribution is 2.33. The summed E-state index contributed by atoms with van der Waals surface area (Å²) in [5.41, 5.74) is 5.18. The van der Waals surface area contributed by atoms with Crippen LogP contribution in [0, 0.1) is 0 Å². The lowest BCUT2D eigenvalue weighted by atomic mass is 10.3. The summed E-state index contributed by atoms with van der Waals surface area (Å²) in [6, 6.07) is -0.724. The first-order valence-electron chi connectivity index (χ1n) is 4.85. The lowest BCUT2D eigenvalue weighted by Crippen LogP contribution is -2.38. The van der Waals surface area contributed by atoms with Crippen LogP contribution in [0.1, 0.15) is 18.9 Å². The van der Waals surface area contributed by atoms with Crippen molar-refractivity contribution in [3.05, 3.63) is 22.9 Å². The Balaban J connectivity index is 2.15. The van der Waals surface area contributed by atoms with E-state index in [4.69, 9.17) is 10.8 Å². The Morgan fingerprint density at radius 1 is 1.60 bits per heavy atom. The van der Waals surface area contributed by atoms with Crippen molar-refractivity contribution in [2.24, 2.45) is 5.73 Å². The van der Waals surface area contributed by atoms with Gasteiger partial charge in [-0.15, -0.1) is 0 Å². The van der Waals surface area contributed by atoms with Crippen molar-refractivity contribution >= 4 is 5.97 Å². The normalized spacial score (nSPS) is 17.7. The molecular weight excluding hydrogens is 198 g/mol. The molecule has 6 heteroatoms. The second-order valence-electron chi connectivity index (χ2n) is 3.82. The molecule has 0 aromatic carbocycles. The van der Waals surface area contributed by atoms with Gasteiger partial charge in [-0.2, -0.15) is 0 Å². The Bertz CT molecular complexity index is 430. The van der Waals surface area contributed by atoms with Crippen LogP contribution in [0.4, 0.5) is 0 Å². The maximum absolute atomic E-state index is 11.7. The molecule has 0 spiro atoms. The number of nitrogens with zero attached hydrogens (tertiary/aromatic N) is 2. The summed E-state index contributed by atoms with van der Waals surface area (Å²) in [7, 11) is 0. The third-order valence-corrected chi connectivity index (χ3v) is 2.52. The zero-order valence-corrected chi connectivity index (χ0v) is 8.17. The second-order valence-corrected chi connectivity index (χ2v) is 3.82. The van der Waals surface area contributed by atoms with Crippen molar-refractivity contribution in [3.8, 4) is 0 Å². The monoisotopic (exact) mass is 211 g/mol. The molecule has 0 aliphatic heterocycles. The van der Waals surface area contributed by atoms with E-state index >= 15 is 0 Å². The standard InChI is InChI=1S/C9H13N3O3/c10-7(8(13)14)5-11-3-4-12(9(11)15)6-1-2-6/h3-4,6-7H,1-2,5,10H2,(H,13,14). The summed E-state index contributed by atoms with van der Waals surface area (Å²) < 4.78 is 2.98. The Hall–Kier alpha value is -1.56. The zero-order chi connectivity index (χ0) is 11.0. The first-order valence-corrected chi connectivity index (χ1v) is 4.85. The van der Waals surface area contributed by atoms with Crippen LogP contribution in [0.5, 0.6) is 0 Å². The summed E-state index contributed by atoms with van der Waals surface area (Å²) in [5, 5.41) is 8.62. The second kappa shape index (κ2) is 3.54. The number of carboxylic acids is 1. The van der Waals surface area contributed by atoms with Gasteiger partial charge in [0.2, 0.25) is 0 Å². The molecule has 1 aliphatic carbocycles. The van der Waals surface area contributed by atoms with Gasteiger partial charge in [0.15, 0.2) is 0 Å². The first kappa shape index (κ1) is 9.97. The Morgan fingerprint density at radius 3 is 2.80 bits per heavy atom. The highest BCUT2D eigenvalue weighted by atomic mass is 16.4. The summed E-state index contributed by atoms with van der Waals surface area (Å²) in [4.78, 5) is 22.2. The number of carbonyl (C=O) groups is 1. The Labute approximate surface area is 85.9 Å². The molecule has 0 radical (unpaired) electrons. The maximum atomic E-state index is 11.7. The third kappa shape index (κ3) is 1.94. The minimum atomic E-state index is -1.10. The zero-order valence-electron chi connectivity index (χ0n) is 8.17. The number of aliphatic carboxylic acids is 1. The summed E-state index contributed by atoms with van der Waals surface area (Å²) in [6.45, 7) is 0.0217. The molecule has 1 saturated carbocycles. The van der Waals surface area contributed by atoms with Gasteiger partial charge in [-0.25, -0.2) is 4.79 Å². The van der Waals surface area contributed by atoms with Crippen molar-refractivity contribution < 1.29 is 9.90 Å². The lowest BCUT2D eigenvalue weighted by molar-refractivity contribution is -0.138. The smallest absolute Gasteiger partial charge is 0.328 e. The topological polar surface area (TPSA) is 90.2 Å². The van der Waals surface area contributed by atoms with E-state index in [0.29, 0.717) is 6.04 Å². The molecule has 1 unspecified atom stereocenters. The molecule has 1 aliphatic rings. The molecule has 15 heavy (non-hydrogen) atoms. The summed E-state index contributed by atoms with van der Waals surface area (Å²) in [5.74, 6) is -1.10. The highest BCUT2D eigenvalue weighted by molar-refractivity contribution is 5.72. The van der Waals surface area contributed by atoms with Crippen LogP contribution in [0.15, 0.2) is 17.2 Å². The van der Waals surface area contributed by atoms with E-state index < -0.39 is 12.0 Å². The van der Waals surface area contributed by atoms with E-state index in [1.54, 1.807) is 17.0 Å². The molecule has 3 N–H and O–H groups in total. The fourth-order valence-corrected chi connectivity index (χ4v) is 1.49. The average Bonchev–Trinajstić information content (AvgIpc) is 2.95. The summed E-state index contributed by atoms with van der Waals surface area (Å²) in [6.07, 6.45) is 5.32. The van der Waals surface area contributed by atoms with E-state index in [0.717, 1.165) is 12.8 Å². The average molecular weight is 211 g/mol. The third-order valence-electron chi connectivity index (χ3n) is 2.52. The highest BCUT2D eigenvalue weighted by Gasteiger charge is 2.26. The maximum Gasteiger partial charge on any atom is 0.328 e. The van der Waals surface area contributed by atoms with Gasteiger partial charge in [-0.1, -0.05) is 0 Å². The number of nitrogens with two attached hydrogens (primary N) is 1.